The highest BCUT2D eigenvalue weighted by Crippen LogP contribution is 2.33. The van der Waals surface area contributed by atoms with Gasteiger partial charge in [-0.2, -0.15) is 10.4 Å². The van der Waals surface area contributed by atoms with Gasteiger partial charge < -0.3 is 15.0 Å². The third-order valence-electron chi connectivity index (χ3n) is 6.02. The Kier molecular flexibility index (Phi) is 5.04. The molecule has 1 fully saturated rings. The summed E-state index contributed by atoms with van der Waals surface area (Å²) in [7, 11) is 1.75. The number of fused-ring (bicyclic) bond motifs is 1. The van der Waals surface area contributed by atoms with Crippen LogP contribution in [0.3, 0.4) is 0 Å². The Morgan fingerprint density at radius 3 is 2.70 bits per heavy atom. The molecule has 7 nitrogen and oxygen atoms in total. The molecule has 1 aromatic carbocycles. The van der Waals surface area contributed by atoms with Crippen LogP contribution in [0.4, 0.5) is 11.6 Å². The molecule has 0 spiro atoms. The van der Waals surface area contributed by atoms with Gasteiger partial charge >= 0.3 is 0 Å². The maximum atomic E-state index is 9.34. The summed E-state index contributed by atoms with van der Waals surface area (Å²) in [5.74, 6) is 1.62. The van der Waals surface area contributed by atoms with Gasteiger partial charge in [-0.05, 0) is 51.0 Å². The van der Waals surface area contributed by atoms with E-state index in [1.54, 1.807) is 7.11 Å². The predicted molar refractivity (Wildman–Crippen MR) is 118 cm³/mol. The van der Waals surface area contributed by atoms with Crippen molar-refractivity contribution < 1.29 is 4.74 Å². The zero-order valence-electron chi connectivity index (χ0n) is 18.0. The molecule has 0 aliphatic carbocycles. The third-order valence-corrected chi connectivity index (χ3v) is 6.02. The van der Waals surface area contributed by atoms with E-state index in [0.29, 0.717) is 11.4 Å². The SMILES string of the molecule is COC1(C)CN(c2cc3c(N[C@H](C)c4cccc(C#N)c4C)nnc(C)c3cn2)C1. The lowest BCUT2D eigenvalue weighted by molar-refractivity contribution is -0.0171. The van der Waals surface area contributed by atoms with Crippen molar-refractivity contribution in [2.24, 2.45) is 0 Å². The van der Waals surface area contributed by atoms with E-state index in [9.17, 15) is 5.26 Å². The summed E-state index contributed by atoms with van der Waals surface area (Å²) in [6.45, 7) is 9.70. The second kappa shape index (κ2) is 7.54. The molecule has 1 N–H and O–H groups in total. The maximum absolute atomic E-state index is 9.34. The van der Waals surface area contributed by atoms with Gasteiger partial charge in [0, 0.05) is 37.2 Å². The normalized spacial score (nSPS) is 16.1. The Hall–Kier alpha value is -3.24. The number of nitrogens with one attached hydrogen (secondary N) is 1. The van der Waals surface area contributed by atoms with Gasteiger partial charge in [-0.3, -0.25) is 0 Å². The molecule has 4 rings (SSSR count). The summed E-state index contributed by atoms with van der Waals surface area (Å²) < 4.78 is 5.56. The largest absolute Gasteiger partial charge is 0.375 e. The molecule has 2 aromatic heterocycles. The molecule has 1 saturated heterocycles. The van der Waals surface area contributed by atoms with Crippen molar-refractivity contribution in [3.8, 4) is 6.07 Å². The zero-order valence-corrected chi connectivity index (χ0v) is 18.0. The Bertz CT molecular complexity index is 1150. The van der Waals surface area contributed by atoms with Gasteiger partial charge in [0.1, 0.15) is 5.82 Å². The van der Waals surface area contributed by atoms with Gasteiger partial charge in [0.15, 0.2) is 5.82 Å². The molecule has 30 heavy (non-hydrogen) atoms. The first-order valence-electron chi connectivity index (χ1n) is 10.0. The van der Waals surface area contributed by atoms with Crippen LogP contribution >= 0.6 is 0 Å². The van der Waals surface area contributed by atoms with E-state index in [1.807, 2.05) is 38.2 Å². The monoisotopic (exact) mass is 402 g/mol. The lowest BCUT2D eigenvalue weighted by Crippen LogP contribution is -2.61. The van der Waals surface area contributed by atoms with E-state index in [2.05, 4.69) is 51.4 Å². The van der Waals surface area contributed by atoms with Gasteiger partial charge in [-0.15, -0.1) is 5.10 Å². The molecule has 154 valence electrons. The third kappa shape index (κ3) is 3.44. The molecule has 1 atom stereocenters. The first-order valence-corrected chi connectivity index (χ1v) is 10.0. The number of ether oxygens (including phenoxy) is 1. The summed E-state index contributed by atoms with van der Waals surface area (Å²) in [5.41, 5.74) is 3.45. The average Bonchev–Trinajstić information content (AvgIpc) is 2.73. The van der Waals surface area contributed by atoms with Crippen LogP contribution in [0.25, 0.3) is 10.8 Å². The summed E-state index contributed by atoms with van der Waals surface area (Å²) >= 11 is 0. The molecule has 1 aliphatic heterocycles. The molecule has 0 unspecified atom stereocenters. The highest BCUT2D eigenvalue weighted by molar-refractivity contribution is 5.94. The van der Waals surface area contributed by atoms with Crippen molar-refractivity contribution in [1.29, 1.82) is 5.26 Å². The van der Waals surface area contributed by atoms with E-state index >= 15 is 0 Å². The molecule has 0 saturated carbocycles. The number of pyridine rings is 1. The smallest absolute Gasteiger partial charge is 0.157 e. The van der Waals surface area contributed by atoms with Crippen LogP contribution in [0.15, 0.2) is 30.5 Å². The van der Waals surface area contributed by atoms with Crippen LogP contribution in [-0.2, 0) is 4.74 Å². The van der Waals surface area contributed by atoms with Crippen LogP contribution in [0.1, 0.15) is 42.3 Å². The van der Waals surface area contributed by atoms with E-state index in [1.165, 1.54) is 0 Å². The molecule has 0 amide bonds. The summed E-state index contributed by atoms with van der Waals surface area (Å²) in [4.78, 5) is 6.84. The molecular formula is C23H26N6O. The van der Waals surface area contributed by atoms with Crippen molar-refractivity contribution in [3.63, 3.8) is 0 Å². The van der Waals surface area contributed by atoms with E-state index < -0.39 is 0 Å². The van der Waals surface area contributed by atoms with Crippen LogP contribution in [-0.4, -0.2) is 41.0 Å². The van der Waals surface area contributed by atoms with Crippen molar-refractivity contribution in [1.82, 2.24) is 15.2 Å². The number of nitrogens with zero attached hydrogens (tertiary/aromatic N) is 5. The minimum absolute atomic E-state index is 0.0316. The Morgan fingerprint density at radius 1 is 1.23 bits per heavy atom. The lowest BCUT2D eigenvalue weighted by atomic mass is 9.96. The molecule has 0 bridgehead atoms. The van der Waals surface area contributed by atoms with Gasteiger partial charge in [0.05, 0.1) is 29.0 Å². The number of rotatable bonds is 5. The number of aryl methyl sites for hydroxylation is 1. The Labute approximate surface area is 176 Å². The van der Waals surface area contributed by atoms with Crippen LogP contribution in [0.2, 0.25) is 0 Å². The fourth-order valence-corrected chi connectivity index (χ4v) is 4.02. The fourth-order valence-electron chi connectivity index (χ4n) is 4.02. The summed E-state index contributed by atoms with van der Waals surface area (Å²) in [5, 5.41) is 23.5. The topological polar surface area (TPSA) is 87.0 Å². The first kappa shape index (κ1) is 20.0. The minimum Gasteiger partial charge on any atom is -0.375 e. The molecule has 7 heteroatoms. The van der Waals surface area contributed by atoms with Crippen molar-refractivity contribution >= 4 is 22.4 Å². The summed E-state index contributed by atoms with van der Waals surface area (Å²) in [6.07, 6.45) is 1.87. The fraction of sp³-hybridized carbons (Fsp3) is 0.391. The number of anilines is 2. The molecule has 3 heterocycles. The maximum Gasteiger partial charge on any atom is 0.157 e. The molecular weight excluding hydrogens is 376 g/mol. The highest BCUT2D eigenvalue weighted by Gasteiger charge is 2.39. The lowest BCUT2D eigenvalue weighted by Gasteiger charge is -2.47. The summed E-state index contributed by atoms with van der Waals surface area (Å²) in [6, 6.07) is 10.1. The quantitative estimate of drug-likeness (QED) is 0.692. The number of hydrogen-bond acceptors (Lipinski definition) is 7. The van der Waals surface area contributed by atoms with Crippen LogP contribution in [0.5, 0.6) is 0 Å². The van der Waals surface area contributed by atoms with Gasteiger partial charge in [-0.1, -0.05) is 12.1 Å². The number of methoxy groups -OCH3 is 1. The first-order chi connectivity index (χ1) is 14.3. The van der Waals surface area contributed by atoms with Gasteiger partial charge in [-0.25, -0.2) is 4.98 Å². The minimum atomic E-state index is -0.123. The van der Waals surface area contributed by atoms with Crippen LogP contribution < -0.4 is 10.2 Å². The van der Waals surface area contributed by atoms with Gasteiger partial charge in [0.25, 0.3) is 0 Å². The zero-order chi connectivity index (χ0) is 21.5. The Morgan fingerprint density at radius 2 is 2.00 bits per heavy atom. The van der Waals surface area contributed by atoms with Gasteiger partial charge in [0.2, 0.25) is 0 Å². The van der Waals surface area contributed by atoms with Crippen LogP contribution in [0, 0.1) is 25.2 Å². The van der Waals surface area contributed by atoms with E-state index in [-0.39, 0.29) is 11.6 Å². The molecule has 3 aromatic rings. The highest BCUT2D eigenvalue weighted by atomic mass is 16.5. The van der Waals surface area contributed by atoms with Crippen molar-refractivity contribution in [2.45, 2.75) is 39.3 Å². The average molecular weight is 403 g/mol. The number of benzene rings is 1. The van der Waals surface area contributed by atoms with Crippen molar-refractivity contribution in [3.05, 3.63) is 52.8 Å². The van der Waals surface area contributed by atoms with Crippen molar-refractivity contribution in [2.75, 3.05) is 30.4 Å². The number of nitriles is 1. The molecule has 0 radical (unpaired) electrons. The second-order valence-corrected chi connectivity index (χ2v) is 8.23. The number of aromatic nitrogens is 3. The Balaban J connectivity index is 1.68. The van der Waals surface area contributed by atoms with E-state index in [0.717, 1.165) is 46.5 Å². The van der Waals surface area contributed by atoms with E-state index in [4.69, 9.17) is 4.74 Å². The predicted octanol–water partition coefficient (Wildman–Crippen LogP) is 3.91. The second-order valence-electron chi connectivity index (χ2n) is 8.23. The standard InChI is InChI=1S/C23H26N6O/c1-14-17(10-24)7-6-8-18(14)15(2)26-22-19-9-21(29-12-23(4,13-29)30-5)25-11-20(19)16(3)27-28-22/h6-9,11,15H,12-13H2,1-5H3,(H,26,28)/t15-/m1/s1. The molecule has 1 aliphatic rings. The number of hydrogen-bond donors (Lipinski definition) is 1.